The van der Waals surface area contributed by atoms with Crippen molar-refractivity contribution in [1.82, 2.24) is 0 Å². The Balaban J connectivity index is 2.13. The van der Waals surface area contributed by atoms with Crippen LogP contribution in [0.2, 0.25) is 5.02 Å². The molecule has 0 bridgehead atoms. The summed E-state index contributed by atoms with van der Waals surface area (Å²) in [7, 11) is 0. The molecule has 0 aliphatic carbocycles. The van der Waals surface area contributed by atoms with Gasteiger partial charge in [0.1, 0.15) is 0 Å². The Morgan fingerprint density at radius 1 is 1.04 bits per heavy atom. The number of aryl methyl sites for hydroxylation is 1. The Morgan fingerprint density at radius 2 is 1.74 bits per heavy atom. The van der Waals surface area contributed by atoms with Gasteiger partial charge in [-0.1, -0.05) is 36.2 Å². The van der Waals surface area contributed by atoms with Crippen LogP contribution in [0.5, 0.6) is 0 Å². The van der Waals surface area contributed by atoms with Crippen molar-refractivity contribution in [1.29, 1.82) is 0 Å². The average Bonchev–Trinajstić information content (AvgIpc) is 2.51. The van der Waals surface area contributed by atoms with Crippen LogP contribution in [0.4, 0.5) is 11.4 Å². The predicted molar refractivity (Wildman–Crippen MR) is 94.1 cm³/mol. The molecule has 0 aliphatic rings. The van der Waals surface area contributed by atoms with Gasteiger partial charge in [0, 0.05) is 17.7 Å². The number of hydrogen-bond donors (Lipinski definition) is 2. The summed E-state index contributed by atoms with van der Waals surface area (Å²) in [5, 5.41) is 5.97. The number of nitrogens with one attached hydrogen (secondary N) is 2. The maximum absolute atomic E-state index is 12.3. The lowest BCUT2D eigenvalue weighted by molar-refractivity contribution is -0.116. The fraction of sp³-hybridized carbons (Fsp3) is 0.222. The minimum absolute atomic E-state index is 0.0642. The van der Waals surface area contributed by atoms with E-state index in [4.69, 9.17) is 11.6 Å². The van der Waals surface area contributed by atoms with E-state index in [0.717, 1.165) is 12.0 Å². The highest BCUT2D eigenvalue weighted by molar-refractivity contribution is 6.34. The molecule has 4 nitrogen and oxygen atoms in total. The standard InChI is InChI=1S/C18H19ClN2O2/c1-3-4-17(22)20-14-9-10-15(19)16(11-14)21-18(23)13-7-5-12(2)6-8-13/h5-11H,3-4H2,1-2H3,(H,20,22)(H,21,23). The van der Waals surface area contributed by atoms with Crippen LogP contribution < -0.4 is 10.6 Å². The number of hydrogen-bond acceptors (Lipinski definition) is 2. The molecule has 23 heavy (non-hydrogen) atoms. The molecule has 0 saturated carbocycles. The third kappa shape index (κ3) is 4.83. The van der Waals surface area contributed by atoms with E-state index in [1.165, 1.54) is 0 Å². The number of rotatable bonds is 5. The first-order valence-electron chi connectivity index (χ1n) is 7.47. The highest BCUT2D eigenvalue weighted by atomic mass is 35.5. The van der Waals surface area contributed by atoms with Gasteiger partial charge in [0.15, 0.2) is 0 Å². The Hall–Kier alpha value is -2.33. The van der Waals surface area contributed by atoms with Gasteiger partial charge in [-0.05, 0) is 43.7 Å². The zero-order chi connectivity index (χ0) is 16.8. The predicted octanol–water partition coefficient (Wildman–Crippen LogP) is 4.64. The molecule has 0 aromatic heterocycles. The SMILES string of the molecule is CCCC(=O)Nc1ccc(Cl)c(NC(=O)c2ccc(C)cc2)c1. The van der Waals surface area contributed by atoms with Gasteiger partial charge in [0.25, 0.3) is 5.91 Å². The number of halogens is 1. The van der Waals surface area contributed by atoms with Crippen LogP contribution >= 0.6 is 11.6 Å². The molecule has 2 aromatic carbocycles. The van der Waals surface area contributed by atoms with Crippen LogP contribution in [-0.4, -0.2) is 11.8 Å². The van der Waals surface area contributed by atoms with Gasteiger partial charge in [-0.2, -0.15) is 0 Å². The van der Waals surface area contributed by atoms with Crippen LogP contribution in [0.3, 0.4) is 0 Å². The van der Waals surface area contributed by atoms with Gasteiger partial charge < -0.3 is 10.6 Å². The fourth-order valence-electron chi connectivity index (χ4n) is 2.05. The summed E-state index contributed by atoms with van der Waals surface area (Å²) in [4.78, 5) is 23.9. The van der Waals surface area contributed by atoms with Gasteiger partial charge in [-0.15, -0.1) is 0 Å². The van der Waals surface area contributed by atoms with Gasteiger partial charge in [0.05, 0.1) is 10.7 Å². The second-order valence-corrected chi connectivity index (χ2v) is 5.72. The number of carbonyl (C=O) groups is 2. The monoisotopic (exact) mass is 330 g/mol. The molecule has 2 N–H and O–H groups in total. The Labute approximate surface area is 140 Å². The minimum atomic E-state index is -0.246. The Morgan fingerprint density at radius 3 is 2.39 bits per heavy atom. The lowest BCUT2D eigenvalue weighted by atomic mass is 10.1. The molecular weight excluding hydrogens is 312 g/mol. The molecule has 0 aliphatic heterocycles. The molecular formula is C18H19ClN2O2. The van der Waals surface area contributed by atoms with Crippen LogP contribution in [0.1, 0.15) is 35.7 Å². The molecule has 120 valence electrons. The molecule has 0 atom stereocenters. The first kappa shape index (κ1) is 17.0. The van der Waals surface area contributed by atoms with Crippen LogP contribution in [0.25, 0.3) is 0 Å². The van der Waals surface area contributed by atoms with Crippen LogP contribution in [0.15, 0.2) is 42.5 Å². The summed E-state index contributed by atoms with van der Waals surface area (Å²) in [6.45, 7) is 3.90. The Bertz CT molecular complexity index is 711. The smallest absolute Gasteiger partial charge is 0.255 e. The molecule has 0 fully saturated rings. The molecule has 0 spiro atoms. The molecule has 5 heteroatoms. The Kier molecular flexibility index (Phi) is 5.77. The second-order valence-electron chi connectivity index (χ2n) is 5.31. The van der Waals surface area contributed by atoms with E-state index in [1.54, 1.807) is 30.3 Å². The lowest BCUT2D eigenvalue weighted by Gasteiger charge is -2.11. The maximum Gasteiger partial charge on any atom is 0.255 e. The first-order chi connectivity index (χ1) is 11.0. The van der Waals surface area contributed by atoms with Crippen LogP contribution in [-0.2, 0) is 4.79 Å². The summed E-state index contributed by atoms with van der Waals surface area (Å²) in [5.41, 5.74) is 2.70. The largest absolute Gasteiger partial charge is 0.326 e. The summed E-state index contributed by atoms with van der Waals surface area (Å²) >= 11 is 6.12. The number of anilines is 2. The zero-order valence-corrected chi connectivity index (χ0v) is 13.9. The van der Waals surface area contributed by atoms with Crippen molar-refractivity contribution in [2.24, 2.45) is 0 Å². The highest BCUT2D eigenvalue weighted by Gasteiger charge is 2.10. The van der Waals surface area contributed by atoms with Gasteiger partial charge in [0.2, 0.25) is 5.91 Å². The third-order valence-corrected chi connectivity index (χ3v) is 3.62. The van der Waals surface area contributed by atoms with Crippen molar-refractivity contribution in [2.45, 2.75) is 26.7 Å². The first-order valence-corrected chi connectivity index (χ1v) is 7.85. The summed E-state index contributed by atoms with van der Waals surface area (Å²) in [6, 6.07) is 12.3. The van der Waals surface area contributed by atoms with Crippen molar-refractivity contribution in [3.05, 3.63) is 58.6 Å². The molecule has 0 saturated heterocycles. The van der Waals surface area contributed by atoms with Crippen LogP contribution in [0, 0.1) is 6.92 Å². The minimum Gasteiger partial charge on any atom is -0.326 e. The lowest BCUT2D eigenvalue weighted by Crippen LogP contribution is -2.14. The van der Waals surface area contributed by atoms with Crippen molar-refractivity contribution in [3.63, 3.8) is 0 Å². The van der Waals surface area contributed by atoms with Gasteiger partial charge in [-0.3, -0.25) is 9.59 Å². The quantitative estimate of drug-likeness (QED) is 0.839. The van der Waals surface area contributed by atoms with E-state index in [2.05, 4.69) is 10.6 Å². The van der Waals surface area contributed by atoms with E-state index < -0.39 is 0 Å². The average molecular weight is 331 g/mol. The summed E-state index contributed by atoms with van der Waals surface area (Å²) < 4.78 is 0. The van der Waals surface area contributed by atoms with Gasteiger partial charge in [-0.25, -0.2) is 0 Å². The second kappa shape index (κ2) is 7.79. The number of benzene rings is 2. The molecule has 2 amide bonds. The number of amides is 2. The summed E-state index contributed by atoms with van der Waals surface area (Å²) in [6.07, 6.45) is 1.23. The van der Waals surface area contributed by atoms with Crippen molar-refractivity contribution in [3.8, 4) is 0 Å². The van der Waals surface area contributed by atoms with Crippen molar-refractivity contribution >= 4 is 34.8 Å². The normalized spacial score (nSPS) is 10.2. The van der Waals surface area contributed by atoms with Crippen molar-refractivity contribution < 1.29 is 9.59 Å². The fourth-order valence-corrected chi connectivity index (χ4v) is 2.21. The van der Waals surface area contributed by atoms with E-state index in [9.17, 15) is 9.59 Å². The number of carbonyl (C=O) groups excluding carboxylic acids is 2. The third-order valence-electron chi connectivity index (χ3n) is 3.29. The van der Waals surface area contributed by atoms with Crippen molar-refractivity contribution in [2.75, 3.05) is 10.6 Å². The maximum atomic E-state index is 12.3. The van der Waals surface area contributed by atoms with E-state index in [-0.39, 0.29) is 11.8 Å². The molecule has 0 heterocycles. The molecule has 2 aromatic rings. The summed E-state index contributed by atoms with van der Waals surface area (Å²) in [5.74, 6) is -0.311. The van der Waals surface area contributed by atoms with E-state index in [1.807, 2.05) is 26.0 Å². The molecule has 2 rings (SSSR count). The van der Waals surface area contributed by atoms with E-state index in [0.29, 0.717) is 28.4 Å². The topological polar surface area (TPSA) is 58.2 Å². The zero-order valence-electron chi connectivity index (χ0n) is 13.2. The van der Waals surface area contributed by atoms with E-state index >= 15 is 0 Å². The van der Waals surface area contributed by atoms with Gasteiger partial charge >= 0.3 is 0 Å². The molecule has 0 unspecified atom stereocenters. The molecule has 0 radical (unpaired) electrons. The highest BCUT2D eigenvalue weighted by Crippen LogP contribution is 2.26.